The van der Waals surface area contributed by atoms with Gasteiger partial charge in [0.1, 0.15) is 5.82 Å². The van der Waals surface area contributed by atoms with Gasteiger partial charge in [-0.1, -0.05) is 0 Å². The Morgan fingerprint density at radius 2 is 2.25 bits per heavy atom. The second kappa shape index (κ2) is 5.46. The summed E-state index contributed by atoms with van der Waals surface area (Å²) in [5, 5.41) is 2.59. The summed E-state index contributed by atoms with van der Waals surface area (Å²) >= 11 is 0. The van der Waals surface area contributed by atoms with Crippen LogP contribution < -0.4 is 11.1 Å². The highest BCUT2D eigenvalue weighted by atomic mass is 19.1. The van der Waals surface area contributed by atoms with Crippen LogP contribution in [0.2, 0.25) is 0 Å². The first-order valence-corrected chi connectivity index (χ1v) is 4.89. The van der Waals surface area contributed by atoms with Gasteiger partial charge in [0.25, 0.3) is 5.91 Å². The maximum atomic E-state index is 13.3. The van der Waals surface area contributed by atoms with Crippen molar-refractivity contribution in [2.45, 2.75) is 6.92 Å². The van der Waals surface area contributed by atoms with E-state index >= 15 is 0 Å². The van der Waals surface area contributed by atoms with Gasteiger partial charge in [-0.05, 0) is 19.1 Å². The molecule has 5 heteroatoms. The zero-order valence-corrected chi connectivity index (χ0v) is 9.34. The van der Waals surface area contributed by atoms with Gasteiger partial charge in [0.15, 0.2) is 0 Å². The molecule has 0 aliphatic heterocycles. The van der Waals surface area contributed by atoms with Crippen LogP contribution in [0.1, 0.15) is 15.9 Å². The van der Waals surface area contributed by atoms with Crippen LogP contribution in [0.5, 0.6) is 0 Å². The molecule has 4 nitrogen and oxygen atoms in total. The lowest BCUT2D eigenvalue weighted by Gasteiger charge is -2.07. The summed E-state index contributed by atoms with van der Waals surface area (Å²) in [4.78, 5) is 11.5. The highest BCUT2D eigenvalue weighted by Gasteiger charge is 2.10. The molecule has 0 atom stereocenters. The summed E-state index contributed by atoms with van der Waals surface area (Å²) in [5.41, 5.74) is 6.42. The standard InChI is InChI=1S/C11H15FN2O2/c1-7-9(12)5-8(6-10(7)13)11(15)14-3-4-16-2/h5-6H,3-4,13H2,1-2H3,(H,14,15). The molecule has 3 N–H and O–H groups in total. The van der Waals surface area contributed by atoms with E-state index in [1.165, 1.54) is 19.2 Å². The van der Waals surface area contributed by atoms with Gasteiger partial charge >= 0.3 is 0 Å². The monoisotopic (exact) mass is 226 g/mol. The molecular formula is C11H15FN2O2. The topological polar surface area (TPSA) is 64.3 Å². The number of benzene rings is 1. The predicted molar refractivity (Wildman–Crippen MR) is 59.8 cm³/mol. The number of nitrogens with one attached hydrogen (secondary N) is 1. The largest absolute Gasteiger partial charge is 0.398 e. The van der Waals surface area contributed by atoms with Crippen molar-refractivity contribution in [3.63, 3.8) is 0 Å². The minimum absolute atomic E-state index is 0.219. The van der Waals surface area contributed by atoms with E-state index in [-0.39, 0.29) is 17.2 Å². The first-order valence-electron chi connectivity index (χ1n) is 4.89. The smallest absolute Gasteiger partial charge is 0.251 e. The molecule has 1 aromatic rings. The number of halogens is 1. The van der Waals surface area contributed by atoms with Crippen LogP contribution in [0.3, 0.4) is 0 Å². The summed E-state index contributed by atoms with van der Waals surface area (Å²) in [6.45, 7) is 2.36. The number of rotatable bonds is 4. The van der Waals surface area contributed by atoms with E-state index in [4.69, 9.17) is 10.5 Å². The van der Waals surface area contributed by atoms with Crippen molar-refractivity contribution in [1.29, 1.82) is 0 Å². The number of nitrogens with two attached hydrogens (primary N) is 1. The van der Waals surface area contributed by atoms with Crippen LogP contribution in [0.4, 0.5) is 10.1 Å². The van der Waals surface area contributed by atoms with Gasteiger partial charge in [-0.25, -0.2) is 4.39 Å². The fourth-order valence-corrected chi connectivity index (χ4v) is 1.20. The van der Waals surface area contributed by atoms with E-state index in [0.717, 1.165) is 0 Å². The van der Waals surface area contributed by atoms with E-state index in [1.54, 1.807) is 6.92 Å². The normalized spacial score (nSPS) is 10.2. The van der Waals surface area contributed by atoms with Crippen molar-refractivity contribution >= 4 is 11.6 Å². The second-order valence-corrected chi connectivity index (χ2v) is 3.42. The minimum atomic E-state index is -0.475. The Balaban J connectivity index is 2.76. The number of nitrogen functional groups attached to an aromatic ring is 1. The Hall–Kier alpha value is -1.62. The van der Waals surface area contributed by atoms with E-state index in [2.05, 4.69) is 5.32 Å². The van der Waals surface area contributed by atoms with Crippen LogP contribution in [-0.4, -0.2) is 26.2 Å². The molecule has 0 radical (unpaired) electrons. The van der Waals surface area contributed by atoms with Gasteiger partial charge in [0, 0.05) is 30.5 Å². The van der Waals surface area contributed by atoms with Crippen LogP contribution in [0, 0.1) is 12.7 Å². The van der Waals surface area contributed by atoms with Gasteiger partial charge in [0.2, 0.25) is 0 Å². The van der Waals surface area contributed by atoms with Crippen molar-refractivity contribution in [3.05, 3.63) is 29.1 Å². The molecule has 16 heavy (non-hydrogen) atoms. The quantitative estimate of drug-likeness (QED) is 0.596. The molecule has 0 bridgehead atoms. The molecule has 1 amide bonds. The average molecular weight is 226 g/mol. The van der Waals surface area contributed by atoms with E-state index in [9.17, 15) is 9.18 Å². The number of anilines is 1. The SMILES string of the molecule is COCCNC(=O)c1cc(N)c(C)c(F)c1. The fourth-order valence-electron chi connectivity index (χ4n) is 1.20. The van der Waals surface area contributed by atoms with Crippen LogP contribution in [0.25, 0.3) is 0 Å². The van der Waals surface area contributed by atoms with Crippen molar-refractivity contribution in [2.75, 3.05) is 26.0 Å². The number of carbonyl (C=O) groups is 1. The van der Waals surface area contributed by atoms with Gasteiger partial charge in [-0.2, -0.15) is 0 Å². The van der Waals surface area contributed by atoms with Crippen LogP contribution in [0.15, 0.2) is 12.1 Å². The maximum Gasteiger partial charge on any atom is 0.251 e. The summed E-state index contributed by atoms with van der Waals surface area (Å²) in [6, 6.07) is 2.63. The molecule has 0 spiro atoms. The number of hydrogen-bond donors (Lipinski definition) is 2. The Labute approximate surface area is 93.6 Å². The van der Waals surface area contributed by atoms with Gasteiger partial charge in [-0.3, -0.25) is 4.79 Å². The third kappa shape index (κ3) is 2.93. The summed E-state index contributed by atoms with van der Waals surface area (Å²) in [5.74, 6) is -0.834. The zero-order chi connectivity index (χ0) is 12.1. The third-order valence-corrected chi connectivity index (χ3v) is 2.24. The van der Waals surface area contributed by atoms with Gasteiger partial charge in [0.05, 0.1) is 6.61 Å². The van der Waals surface area contributed by atoms with Gasteiger partial charge in [-0.15, -0.1) is 0 Å². The molecular weight excluding hydrogens is 211 g/mol. The van der Waals surface area contributed by atoms with Gasteiger partial charge < -0.3 is 15.8 Å². The minimum Gasteiger partial charge on any atom is -0.398 e. The Morgan fingerprint density at radius 3 is 2.81 bits per heavy atom. The second-order valence-electron chi connectivity index (χ2n) is 3.42. The number of methoxy groups -OCH3 is 1. The highest BCUT2D eigenvalue weighted by molar-refractivity contribution is 5.95. The fraction of sp³-hybridized carbons (Fsp3) is 0.364. The number of ether oxygens (including phenoxy) is 1. The Kier molecular flexibility index (Phi) is 4.25. The number of hydrogen-bond acceptors (Lipinski definition) is 3. The van der Waals surface area contributed by atoms with E-state index in [0.29, 0.717) is 18.7 Å². The zero-order valence-electron chi connectivity index (χ0n) is 9.34. The number of amides is 1. The molecule has 0 unspecified atom stereocenters. The Morgan fingerprint density at radius 1 is 1.56 bits per heavy atom. The maximum absolute atomic E-state index is 13.3. The first-order chi connectivity index (χ1) is 7.56. The molecule has 0 aliphatic rings. The molecule has 1 aromatic carbocycles. The Bertz CT molecular complexity index is 371. The lowest BCUT2D eigenvalue weighted by molar-refractivity contribution is 0.0936. The van der Waals surface area contributed by atoms with Crippen molar-refractivity contribution in [3.8, 4) is 0 Å². The van der Waals surface area contributed by atoms with E-state index in [1.807, 2.05) is 0 Å². The third-order valence-electron chi connectivity index (χ3n) is 2.24. The average Bonchev–Trinajstić information content (AvgIpc) is 2.25. The molecule has 0 aromatic heterocycles. The lowest BCUT2D eigenvalue weighted by Crippen LogP contribution is -2.27. The molecule has 0 saturated carbocycles. The molecule has 0 aliphatic carbocycles. The first kappa shape index (κ1) is 12.4. The predicted octanol–water partition coefficient (Wildman–Crippen LogP) is 1.09. The highest BCUT2D eigenvalue weighted by Crippen LogP contribution is 2.17. The molecule has 0 heterocycles. The van der Waals surface area contributed by atoms with Crippen LogP contribution in [-0.2, 0) is 4.74 Å². The summed E-state index contributed by atoms with van der Waals surface area (Å²) < 4.78 is 18.1. The molecule has 88 valence electrons. The summed E-state index contributed by atoms with van der Waals surface area (Å²) in [7, 11) is 1.54. The number of carbonyl (C=O) groups excluding carboxylic acids is 1. The molecule has 0 fully saturated rings. The van der Waals surface area contributed by atoms with Crippen molar-refractivity contribution < 1.29 is 13.9 Å². The van der Waals surface area contributed by atoms with E-state index < -0.39 is 5.82 Å². The summed E-state index contributed by atoms with van der Waals surface area (Å²) in [6.07, 6.45) is 0. The van der Waals surface area contributed by atoms with Crippen molar-refractivity contribution in [1.82, 2.24) is 5.32 Å². The van der Waals surface area contributed by atoms with Crippen molar-refractivity contribution in [2.24, 2.45) is 0 Å². The molecule has 0 saturated heterocycles. The van der Waals surface area contributed by atoms with Crippen LogP contribution >= 0.6 is 0 Å². The molecule has 1 rings (SSSR count). The lowest BCUT2D eigenvalue weighted by atomic mass is 10.1.